The molecule has 28 heavy (non-hydrogen) atoms. The zero-order valence-corrected chi connectivity index (χ0v) is 17.2. The number of benzene rings is 2. The molecule has 2 aromatic carbocycles. The van der Waals surface area contributed by atoms with E-state index in [4.69, 9.17) is 9.47 Å². The molecule has 0 spiro atoms. The first-order valence-corrected chi connectivity index (χ1v) is 10.8. The van der Waals surface area contributed by atoms with Crippen LogP contribution in [0.1, 0.15) is 18.1 Å². The van der Waals surface area contributed by atoms with Gasteiger partial charge in [0.05, 0.1) is 11.9 Å². The molecule has 1 N–H and O–H groups in total. The van der Waals surface area contributed by atoms with Crippen LogP contribution in [0.2, 0.25) is 0 Å². The predicted octanol–water partition coefficient (Wildman–Crippen LogP) is 2.87. The van der Waals surface area contributed by atoms with Crippen molar-refractivity contribution in [2.75, 3.05) is 29.1 Å². The molecule has 0 bridgehead atoms. The zero-order valence-electron chi connectivity index (χ0n) is 16.4. The van der Waals surface area contributed by atoms with E-state index in [-0.39, 0.29) is 0 Å². The van der Waals surface area contributed by atoms with Gasteiger partial charge in [0.2, 0.25) is 15.9 Å². The normalized spacial score (nSPS) is 14.3. The Bertz CT molecular complexity index is 1000. The number of hydrogen-bond acceptors (Lipinski definition) is 5. The van der Waals surface area contributed by atoms with Gasteiger partial charge in [0.1, 0.15) is 19.3 Å². The fraction of sp³-hybridized carbons (Fsp3) is 0.350. The average molecular weight is 404 g/mol. The number of carbonyl (C=O) groups excluding carboxylic acids is 1. The second-order valence-electron chi connectivity index (χ2n) is 6.87. The van der Waals surface area contributed by atoms with E-state index < -0.39 is 22.0 Å². The molecule has 3 rings (SSSR count). The number of fused-ring (bicyclic) bond motifs is 1. The van der Waals surface area contributed by atoms with Gasteiger partial charge >= 0.3 is 0 Å². The van der Waals surface area contributed by atoms with Gasteiger partial charge in [0.25, 0.3) is 0 Å². The summed E-state index contributed by atoms with van der Waals surface area (Å²) in [5, 5.41) is 2.82. The minimum atomic E-state index is -3.72. The minimum absolute atomic E-state index is 0.343. The number of nitrogens with zero attached hydrogens (tertiary/aromatic N) is 1. The van der Waals surface area contributed by atoms with E-state index in [1.807, 2.05) is 32.0 Å². The van der Waals surface area contributed by atoms with Crippen molar-refractivity contribution in [2.45, 2.75) is 26.8 Å². The SMILES string of the molecule is Cc1ccc(NC(=O)[C@H](C)N(c2ccc3c(c2)OCCO3)S(C)(=O)=O)c(C)c1. The summed E-state index contributed by atoms with van der Waals surface area (Å²) in [4.78, 5) is 12.8. The lowest BCUT2D eigenvalue weighted by Crippen LogP contribution is -2.45. The average Bonchev–Trinajstić information content (AvgIpc) is 2.62. The Balaban J connectivity index is 1.90. The van der Waals surface area contributed by atoms with E-state index >= 15 is 0 Å². The van der Waals surface area contributed by atoms with E-state index in [0.717, 1.165) is 21.7 Å². The second kappa shape index (κ2) is 7.71. The van der Waals surface area contributed by atoms with Gasteiger partial charge in [0.15, 0.2) is 11.5 Å². The number of hydrogen-bond donors (Lipinski definition) is 1. The van der Waals surface area contributed by atoms with Crippen molar-refractivity contribution in [1.29, 1.82) is 0 Å². The molecule has 1 amide bonds. The number of sulfonamides is 1. The molecule has 1 aliphatic heterocycles. The quantitative estimate of drug-likeness (QED) is 0.828. The van der Waals surface area contributed by atoms with Crippen molar-refractivity contribution in [2.24, 2.45) is 0 Å². The number of aryl methyl sites for hydroxylation is 2. The highest BCUT2D eigenvalue weighted by Crippen LogP contribution is 2.35. The van der Waals surface area contributed by atoms with Crippen LogP contribution in [0, 0.1) is 13.8 Å². The van der Waals surface area contributed by atoms with Gasteiger partial charge in [0, 0.05) is 11.8 Å². The molecule has 2 aromatic rings. The monoisotopic (exact) mass is 404 g/mol. The van der Waals surface area contributed by atoms with Gasteiger partial charge < -0.3 is 14.8 Å². The molecule has 0 aromatic heterocycles. The summed E-state index contributed by atoms with van der Waals surface area (Å²) in [6.07, 6.45) is 1.07. The van der Waals surface area contributed by atoms with E-state index in [1.54, 1.807) is 25.1 Å². The van der Waals surface area contributed by atoms with Crippen molar-refractivity contribution >= 4 is 27.3 Å². The molecular formula is C20H24N2O5S. The van der Waals surface area contributed by atoms with Crippen molar-refractivity contribution in [3.63, 3.8) is 0 Å². The first-order valence-electron chi connectivity index (χ1n) is 8.94. The van der Waals surface area contributed by atoms with Crippen molar-refractivity contribution < 1.29 is 22.7 Å². The van der Waals surface area contributed by atoms with Crippen molar-refractivity contribution in [3.05, 3.63) is 47.5 Å². The third-order valence-corrected chi connectivity index (χ3v) is 5.75. The molecule has 150 valence electrons. The number of anilines is 2. The molecule has 1 heterocycles. The van der Waals surface area contributed by atoms with E-state index in [2.05, 4.69) is 5.32 Å². The molecule has 1 atom stereocenters. The van der Waals surface area contributed by atoms with Gasteiger partial charge in [-0.05, 0) is 44.5 Å². The third kappa shape index (κ3) is 4.22. The van der Waals surface area contributed by atoms with Crippen LogP contribution in [-0.2, 0) is 14.8 Å². The highest BCUT2D eigenvalue weighted by molar-refractivity contribution is 7.92. The maximum Gasteiger partial charge on any atom is 0.248 e. The first-order chi connectivity index (χ1) is 13.2. The van der Waals surface area contributed by atoms with Gasteiger partial charge in [-0.15, -0.1) is 0 Å². The molecule has 1 aliphatic rings. The van der Waals surface area contributed by atoms with Crippen LogP contribution in [-0.4, -0.2) is 39.8 Å². The van der Waals surface area contributed by atoms with Crippen molar-refractivity contribution in [3.8, 4) is 11.5 Å². The van der Waals surface area contributed by atoms with Crippen molar-refractivity contribution in [1.82, 2.24) is 0 Å². The van der Waals surface area contributed by atoms with Gasteiger partial charge in [-0.1, -0.05) is 17.7 Å². The lowest BCUT2D eigenvalue weighted by Gasteiger charge is -2.29. The van der Waals surface area contributed by atoms with Gasteiger partial charge in [-0.25, -0.2) is 8.42 Å². The molecule has 0 fully saturated rings. The Labute approximate surface area is 165 Å². The minimum Gasteiger partial charge on any atom is -0.486 e. The number of amides is 1. The van der Waals surface area contributed by atoms with Gasteiger partial charge in [-0.2, -0.15) is 0 Å². The van der Waals surface area contributed by atoms with E-state index in [1.165, 1.54) is 0 Å². The Kier molecular flexibility index (Phi) is 5.51. The molecule has 0 saturated heterocycles. The van der Waals surface area contributed by atoms with Crippen LogP contribution < -0.4 is 19.1 Å². The largest absolute Gasteiger partial charge is 0.486 e. The van der Waals surface area contributed by atoms with E-state index in [9.17, 15) is 13.2 Å². The maximum atomic E-state index is 12.8. The third-order valence-electron chi connectivity index (χ3n) is 4.51. The number of nitrogens with one attached hydrogen (secondary N) is 1. The lowest BCUT2D eigenvalue weighted by atomic mass is 10.1. The summed E-state index contributed by atoms with van der Waals surface area (Å²) < 4.78 is 37.1. The lowest BCUT2D eigenvalue weighted by molar-refractivity contribution is -0.116. The Morgan fingerprint density at radius 2 is 1.75 bits per heavy atom. The Hall–Kier alpha value is -2.74. The maximum absolute atomic E-state index is 12.8. The summed E-state index contributed by atoms with van der Waals surface area (Å²) in [5.74, 6) is 0.586. The zero-order chi connectivity index (χ0) is 20.5. The molecule has 0 aliphatic carbocycles. The molecule has 0 radical (unpaired) electrons. The fourth-order valence-electron chi connectivity index (χ4n) is 3.17. The van der Waals surface area contributed by atoms with Crippen LogP contribution in [0.15, 0.2) is 36.4 Å². The van der Waals surface area contributed by atoms with Crippen LogP contribution >= 0.6 is 0 Å². The Morgan fingerprint density at radius 3 is 2.39 bits per heavy atom. The second-order valence-corrected chi connectivity index (χ2v) is 8.73. The topological polar surface area (TPSA) is 84.9 Å². The standard InChI is InChI=1S/C20H24N2O5S/c1-13-5-7-17(14(2)11-13)21-20(23)15(3)22(28(4,24)25)16-6-8-18-19(12-16)27-10-9-26-18/h5-8,11-12,15H,9-10H2,1-4H3,(H,21,23)/t15-/m0/s1. The van der Waals surface area contributed by atoms with E-state index in [0.29, 0.717) is 36.1 Å². The Morgan fingerprint density at radius 1 is 1.07 bits per heavy atom. The van der Waals surface area contributed by atoms with Crippen LogP contribution in [0.25, 0.3) is 0 Å². The molecule has 7 nitrogen and oxygen atoms in total. The number of carbonyl (C=O) groups is 1. The molecule has 0 saturated carbocycles. The first kappa shape index (κ1) is 20.0. The predicted molar refractivity (Wildman–Crippen MR) is 109 cm³/mol. The summed E-state index contributed by atoms with van der Waals surface area (Å²) in [7, 11) is -3.72. The summed E-state index contributed by atoms with van der Waals surface area (Å²) in [5.41, 5.74) is 2.98. The fourth-order valence-corrected chi connectivity index (χ4v) is 4.34. The molecular weight excluding hydrogens is 380 g/mol. The van der Waals surface area contributed by atoms with Crippen LogP contribution in [0.3, 0.4) is 0 Å². The van der Waals surface area contributed by atoms with Crippen LogP contribution in [0.5, 0.6) is 11.5 Å². The smallest absolute Gasteiger partial charge is 0.248 e. The summed E-state index contributed by atoms with van der Waals surface area (Å²) >= 11 is 0. The highest BCUT2D eigenvalue weighted by atomic mass is 32.2. The van der Waals surface area contributed by atoms with Crippen LogP contribution in [0.4, 0.5) is 11.4 Å². The number of rotatable bonds is 5. The molecule has 8 heteroatoms. The number of ether oxygens (including phenoxy) is 2. The summed E-state index contributed by atoms with van der Waals surface area (Å²) in [6.45, 7) is 6.24. The highest BCUT2D eigenvalue weighted by Gasteiger charge is 2.30. The summed E-state index contributed by atoms with van der Waals surface area (Å²) in [6, 6.07) is 9.53. The van der Waals surface area contributed by atoms with Gasteiger partial charge in [-0.3, -0.25) is 9.10 Å². The molecule has 0 unspecified atom stereocenters.